The van der Waals surface area contributed by atoms with E-state index < -0.39 is 0 Å². The highest BCUT2D eigenvalue weighted by molar-refractivity contribution is 5.85. The van der Waals surface area contributed by atoms with Crippen molar-refractivity contribution in [2.24, 2.45) is 5.73 Å². The van der Waals surface area contributed by atoms with Crippen LogP contribution < -0.4 is 10.6 Å². The van der Waals surface area contributed by atoms with Crippen LogP contribution in [0.2, 0.25) is 0 Å². The van der Waals surface area contributed by atoms with Crippen molar-refractivity contribution in [1.29, 1.82) is 0 Å². The van der Waals surface area contributed by atoms with Gasteiger partial charge in [-0.15, -0.1) is 0 Å². The molecular formula is C20H24N2. The lowest BCUT2D eigenvalue weighted by Crippen LogP contribution is -2.42. The minimum absolute atomic E-state index is 0.0313. The Morgan fingerprint density at radius 3 is 2.64 bits per heavy atom. The molecule has 1 aliphatic carbocycles. The van der Waals surface area contributed by atoms with Crippen LogP contribution in [-0.4, -0.2) is 12.6 Å². The number of fused-ring (bicyclic) bond motifs is 2. The molecule has 2 nitrogen and oxygen atoms in total. The first-order chi connectivity index (χ1) is 10.2. The molecule has 1 aromatic carbocycles. The highest BCUT2D eigenvalue weighted by Gasteiger charge is 2.29. The van der Waals surface area contributed by atoms with E-state index >= 15 is 0 Å². The highest BCUT2D eigenvalue weighted by atomic mass is 15.2. The number of hydrogen-bond acceptors (Lipinski definition) is 2. The number of rotatable bonds is 1. The fraction of sp³-hybridized carbons (Fsp3) is 0.300. The summed E-state index contributed by atoms with van der Waals surface area (Å²) < 4.78 is 0. The molecule has 2 N–H and O–H groups in total. The van der Waals surface area contributed by atoms with E-state index in [1.54, 1.807) is 0 Å². The standard InChI is InChI=1S/C20H24N2/c1-12-7-15-10-19-18(9-16(15)8-17(12)14(3)21)13(2)11-20(4,5)22(19)6/h8-11H,1,3,7,21H2,2,4-6H3. The van der Waals surface area contributed by atoms with E-state index in [1.807, 2.05) is 0 Å². The Labute approximate surface area is 133 Å². The Morgan fingerprint density at radius 2 is 2.00 bits per heavy atom. The molecule has 0 spiro atoms. The molecule has 2 heteroatoms. The third-order valence-electron chi connectivity index (χ3n) is 4.91. The fourth-order valence-corrected chi connectivity index (χ4v) is 3.45. The summed E-state index contributed by atoms with van der Waals surface area (Å²) in [7, 11) is 2.16. The lowest BCUT2D eigenvalue weighted by atomic mass is 9.82. The SMILES string of the molecule is C=C(N)C1=Cc2cc3c(cc2CC1=C)N(C)C(C)(C)C=C3C. The predicted molar refractivity (Wildman–Crippen MR) is 96.7 cm³/mol. The van der Waals surface area contributed by atoms with Gasteiger partial charge in [0.1, 0.15) is 0 Å². The molecule has 0 saturated heterocycles. The molecule has 0 radical (unpaired) electrons. The van der Waals surface area contributed by atoms with Crippen molar-refractivity contribution in [1.82, 2.24) is 0 Å². The second-order valence-corrected chi connectivity index (χ2v) is 6.97. The third-order valence-corrected chi connectivity index (χ3v) is 4.91. The van der Waals surface area contributed by atoms with E-state index in [-0.39, 0.29) is 5.54 Å². The summed E-state index contributed by atoms with van der Waals surface area (Å²) in [6.45, 7) is 14.7. The summed E-state index contributed by atoms with van der Waals surface area (Å²) in [6.07, 6.45) is 5.29. The zero-order valence-electron chi connectivity index (χ0n) is 14.0. The summed E-state index contributed by atoms with van der Waals surface area (Å²) in [5, 5.41) is 0. The summed E-state index contributed by atoms with van der Waals surface area (Å²) >= 11 is 0. The van der Waals surface area contributed by atoms with Gasteiger partial charge in [-0.2, -0.15) is 0 Å². The van der Waals surface area contributed by atoms with Gasteiger partial charge in [-0.3, -0.25) is 0 Å². The first-order valence-corrected chi connectivity index (χ1v) is 7.66. The summed E-state index contributed by atoms with van der Waals surface area (Å²) in [5.74, 6) is 0. The van der Waals surface area contributed by atoms with E-state index in [0.29, 0.717) is 5.70 Å². The molecule has 0 unspecified atom stereocenters. The molecule has 0 bridgehead atoms. The molecule has 22 heavy (non-hydrogen) atoms. The molecule has 0 aromatic heterocycles. The number of anilines is 1. The topological polar surface area (TPSA) is 29.3 Å². The molecule has 0 amide bonds. The van der Waals surface area contributed by atoms with E-state index in [0.717, 1.165) is 17.6 Å². The average Bonchev–Trinajstić information content (AvgIpc) is 2.42. The smallest absolute Gasteiger partial charge is 0.0531 e. The molecule has 1 heterocycles. The maximum Gasteiger partial charge on any atom is 0.0531 e. The summed E-state index contributed by atoms with van der Waals surface area (Å²) in [6, 6.07) is 4.58. The molecule has 114 valence electrons. The van der Waals surface area contributed by atoms with Crippen LogP contribution >= 0.6 is 0 Å². The van der Waals surface area contributed by atoms with Gasteiger partial charge >= 0.3 is 0 Å². The molecule has 1 aliphatic heterocycles. The maximum atomic E-state index is 5.89. The van der Waals surface area contributed by atoms with E-state index in [1.165, 1.54) is 28.0 Å². The zero-order chi connectivity index (χ0) is 16.2. The average molecular weight is 292 g/mol. The van der Waals surface area contributed by atoms with Crippen molar-refractivity contribution >= 4 is 17.3 Å². The lowest BCUT2D eigenvalue weighted by Gasteiger charge is -2.41. The zero-order valence-corrected chi connectivity index (χ0v) is 14.0. The molecule has 0 fully saturated rings. The fourth-order valence-electron chi connectivity index (χ4n) is 3.45. The second-order valence-electron chi connectivity index (χ2n) is 6.97. The Balaban J connectivity index is 2.21. The maximum absolute atomic E-state index is 5.89. The summed E-state index contributed by atoms with van der Waals surface area (Å²) in [4.78, 5) is 2.35. The number of hydrogen-bond donors (Lipinski definition) is 1. The van der Waals surface area contributed by atoms with Crippen molar-refractivity contribution < 1.29 is 0 Å². The Bertz CT molecular complexity index is 760. The van der Waals surface area contributed by atoms with E-state index in [4.69, 9.17) is 5.73 Å². The number of likely N-dealkylation sites (N-methyl/N-ethyl adjacent to an activating group) is 1. The molecule has 3 rings (SSSR count). The lowest BCUT2D eigenvalue weighted by molar-refractivity contribution is 0.597. The van der Waals surface area contributed by atoms with Gasteiger partial charge in [-0.25, -0.2) is 0 Å². The molecule has 0 atom stereocenters. The molecule has 2 aliphatic rings. The van der Waals surface area contributed by atoms with Crippen LogP contribution in [0.25, 0.3) is 11.6 Å². The normalized spacial score (nSPS) is 19.1. The Kier molecular flexibility index (Phi) is 3.10. The van der Waals surface area contributed by atoms with Crippen LogP contribution in [0, 0.1) is 0 Å². The van der Waals surface area contributed by atoms with Gasteiger partial charge in [0.25, 0.3) is 0 Å². The van der Waals surface area contributed by atoms with Crippen LogP contribution in [0.15, 0.2) is 48.2 Å². The number of nitrogens with two attached hydrogens (primary N) is 1. The van der Waals surface area contributed by atoms with Crippen LogP contribution in [-0.2, 0) is 6.42 Å². The minimum atomic E-state index is 0.0313. The Morgan fingerprint density at radius 1 is 1.32 bits per heavy atom. The van der Waals surface area contributed by atoms with Crippen molar-refractivity contribution in [2.75, 3.05) is 11.9 Å². The number of nitrogens with zero attached hydrogens (tertiary/aromatic N) is 1. The van der Waals surface area contributed by atoms with Gasteiger partial charge in [0.2, 0.25) is 0 Å². The quantitative estimate of drug-likeness (QED) is 0.837. The van der Waals surface area contributed by atoms with Gasteiger partial charge in [0.15, 0.2) is 0 Å². The van der Waals surface area contributed by atoms with Gasteiger partial charge in [-0.05, 0) is 67.7 Å². The van der Waals surface area contributed by atoms with Gasteiger partial charge in [0, 0.05) is 29.6 Å². The van der Waals surface area contributed by atoms with Crippen molar-refractivity contribution in [3.8, 4) is 0 Å². The summed E-state index contributed by atoms with van der Waals surface area (Å²) in [5.41, 5.74) is 15.0. The van der Waals surface area contributed by atoms with Crippen LogP contribution in [0.5, 0.6) is 0 Å². The van der Waals surface area contributed by atoms with Crippen LogP contribution in [0.4, 0.5) is 5.69 Å². The molecular weight excluding hydrogens is 268 g/mol. The largest absolute Gasteiger partial charge is 0.399 e. The van der Waals surface area contributed by atoms with E-state index in [9.17, 15) is 0 Å². The van der Waals surface area contributed by atoms with Crippen molar-refractivity contribution in [2.45, 2.75) is 32.7 Å². The van der Waals surface area contributed by atoms with Crippen molar-refractivity contribution in [3.63, 3.8) is 0 Å². The van der Waals surface area contributed by atoms with Gasteiger partial charge < -0.3 is 10.6 Å². The van der Waals surface area contributed by atoms with Crippen molar-refractivity contribution in [3.05, 3.63) is 64.9 Å². The third kappa shape index (κ3) is 2.10. The second kappa shape index (κ2) is 4.64. The Hall–Kier alpha value is -2.22. The first-order valence-electron chi connectivity index (χ1n) is 7.66. The monoisotopic (exact) mass is 292 g/mol. The predicted octanol–water partition coefficient (Wildman–Crippen LogP) is 4.29. The highest BCUT2D eigenvalue weighted by Crippen LogP contribution is 2.41. The van der Waals surface area contributed by atoms with Crippen LogP contribution in [0.1, 0.15) is 37.5 Å². The molecule has 0 saturated carbocycles. The number of benzene rings is 1. The van der Waals surface area contributed by atoms with Gasteiger partial charge in [-0.1, -0.05) is 19.2 Å². The molecule has 1 aromatic rings. The van der Waals surface area contributed by atoms with E-state index in [2.05, 4.69) is 70.2 Å². The minimum Gasteiger partial charge on any atom is -0.399 e. The number of allylic oxidation sites excluding steroid dienone is 2. The van der Waals surface area contributed by atoms with Gasteiger partial charge in [0.05, 0.1) is 5.54 Å². The van der Waals surface area contributed by atoms with Crippen LogP contribution in [0.3, 0.4) is 0 Å². The first kappa shape index (κ1) is 14.7.